The number of ether oxygens (including phenoxy) is 1. The molecule has 0 aliphatic carbocycles. The highest BCUT2D eigenvalue weighted by Gasteiger charge is 2.40. The summed E-state index contributed by atoms with van der Waals surface area (Å²) in [6.45, 7) is 6.14. The van der Waals surface area contributed by atoms with Crippen molar-refractivity contribution in [1.82, 2.24) is 10.2 Å². The maximum absolute atomic E-state index is 12.3. The molecule has 1 aromatic carbocycles. The quantitative estimate of drug-likeness (QED) is 0.797. The number of rotatable bonds is 5. The highest BCUT2D eigenvalue weighted by Crippen LogP contribution is 2.33. The molecule has 3 rings (SSSR count). The van der Waals surface area contributed by atoms with Gasteiger partial charge >= 0.3 is 0 Å². The Balaban J connectivity index is 1.58. The standard InChI is InChI=1S/C19H25ClN2O2S/c1-15-2-3-16(12-17(15)20)4-5-18(23)21-13-19(6-11-25-14-19)22-7-9-24-10-8-22/h2-5,12H,6-11,13-14H2,1H3,(H,21,23)/b5-4+. The number of halogens is 1. The van der Waals surface area contributed by atoms with Crippen molar-refractivity contribution in [2.45, 2.75) is 18.9 Å². The number of carbonyl (C=O) groups excluding carboxylic acids is 1. The first kappa shape index (κ1) is 18.8. The van der Waals surface area contributed by atoms with Crippen LogP contribution in [0.5, 0.6) is 0 Å². The molecule has 1 unspecified atom stereocenters. The smallest absolute Gasteiger partial charge is 0.244 e. The minimum absolute atomic E-state index is 0.0544. The van der Waals surface area contributed by atoms with Crippen LogP contribution in [0.3, 0.4) is 0 Å². The van der Waals surface area contributed by atoms with Gasteiger partial charge in [0.25, 0.3) is 0 Å². The zero-order valence-corrected chi connectivity index (χ0v) is 16.2. The van der Waals surface area contributed by atoms with Crippen molar-refractivity contribution in [3.8, 4) is 0 Å². The van der Waals surface area contributed by atoms with Gasteiger partial charge < -0.3 is 10.1 Å². The number of thioether (sulfide) groups is 1. The molecule has 0 saturated carbocycles. The zero-order chi connectivity index (χ0) is 17.7. The van der Waals surface area contributed by atoms with Crippen molar-refractivity contribution in [3.63, 3.8) is 0 Å². The Bertz CT molecular complexity index is 638. The van der Waals surface area contributed by atoms with Crippen LogP contribution in [0.15, 0.2) is 24.3 Å². The summed E-state index contributed by atoms with van der Waals surface area (Å²) >= 11 is 8.10. The molecule has 1 amide bonds. The molecule has 1 aromatic rings. The topological polar surface area (TPSA) is 41.6 Å². The number of carbonyl (C=O) groups is 1. The van der Waals surface area contributed by atoms with Crippen LogP contribution in [0.25, 0.3) is 6.08 Å². The van der Waals surface area contributed by atoms with Gasteiger partial charge in [-0.2, -0.15) is 11.8 Å². The Morgan fingerprint density at radius 2 is 2.24 bits per heavy atom. The average Bonchev–Trinajstić information content (AvgIpc) is 3.12. The summed E-state index contributed by atoms with van der Waals surface area (Å²) in [5.41, 5.74) is 2.05. The maximum Gasteiger partial charge on any atom is 0.244 e. The van der Waals surface area contributed by atoms with Crippen LogP contribution in [0, 0.1) is 6.92 Å². The van der Waals surface area contributed by atoms with Gasteiger partial charge in [-0.25, -0.2) is 0 Å². The largest absolute Gasteiger partial charge is 0.379 e. The lowest BCUT2D eigenvalue weighted by molar-refractivity contribution is -0.117. The fourth-order valence-electron chi connectivity index (χ4n) is 3.33. The first-order chi connectivity index (χ1) is 12.1. The number of nitrogens with one attached hydrogen (secondary N) is 1. The number of benzene rings is 1. The number of hydrogen-bond acceptors (Lipinski definition) is 4. The molecule has 2 heterocycles. The summed E-state index contributed by atoms with van der Waals surface area (Å²) < 4.78 is 5.48. The molecule has 2 saturated heterocycles. The van der Waals surface area contributed by atoms with Crippen LogP contribution in [0.2, 0.25) is 5.02 Å². The van der Waals surface area contributed by atoms with E-state index in [1.54, 1.807) is 6.08 Å². The van der Waals surface area contributed by atoms with Gasteiger partial charge in [-0.15, -0.1) is 0 Å². The van der Waals surface area contributed by atoms with Crippen LogP contribution >= 0.6 is 23.4 Å². The van der Waals surface area contributed by atoms with Gasteiger partial charge in [-0.05, 0) is 42.4 Å². The summed E-state index contributed by atoms with van der Waals surface area (Å²) in [5, 5.41) is 3.82. The van der Waals surface area contributed by atoms with Crippen molar-refractivity contribution in [2.75, 3.05) is 44.4 Å². The molecule has 6 heteroatoms. The van der Waals surface area contributed by atoms with Crippen molar-refractivity contribution >= 4 is 35.3 Å². The molecule has 0 spiro atoms. The van der Waals surface area contributed by atoms with Crippen molar-refractivity contribution in [1.29, 1.82) is 0 Å². The lowest BCUT2D eigenvalue weighted by Gasteiger charge is -2.42. The van der Waals surface area contributed by atoms with Crippen molar-refractivity contribution < 1.29 is 9.53 Å². The molecule has 1 N–H and O–H groups in total. The minimum Gasteiger partial charge on any atom is -0.379 e. The number of aryl methyl sites for hydroxylation is 1. The molecule has 2 fully saturated rings. The van der Waals surface area contributed by atoms with E-state index in [1.165, 1.54) is 0 Å². The fraction of sp³-hybridized carbons (Fsp3) is 0.526. The Morgan fingerprint density at radius 1 is 1.44 bits per heavy atom. The molecule has 25 heavy (non-hydrogen) atoms. The van der Waals surface area contributed by atoms with Crippen LogP contribution in [-0.4, -0.2) is 60.7 Å². The lowest BCUT2D eigenvalue weighted by Crippen LogP contribution is -2.59. The van der Waals surface area contributed by atoms with Crippen LogP contribution < -0.4 is 5.32 Å². The highest BCUT2D eigenvalue weighted by molar-refractivity contribution is 7.99. The summed E-state index contributed by atoms with van der Waals surface area (Å²) in [5.74, 6) is 2.18. The highest BCUT2D eigenvalue weighted by atomic mass is 35.5. The Kier molecular flexibility index (Phi) is 6.44. The normalized spacial score (nSPS) is 24.7. The molecular weight excluding hydrogens is 356 g/mol. The third-order valence-corrected chi connectivity index (χ3v) is 6.62. The zero-order valence-electron chi connectivity index (χ0n) is 14.6. The summed E-state index contributed by atoms with van der Waals surface area (Å²) in [6.07, 6.45) is 4.52. The van der Waals surface area contributed by atoms with E-state index in [1.807, 2.05) is 43.0 Å². The van der Waals surface area contributed by atoms with E-state index in [4.69, 9.17) is 16.3 Å². The molecule has 136 valence electrons. The van der Waals surface area contributed by atoms with Gasteiger partial charge in [0, 0.05) is 42.0 Å². The van der Waals surface area contributed by atoms with Gasteiger partial charge in [0.2, 0.25) is 5.91 Å². The number of nitrogens with zero attached hydrogens (tertiary/aromatic N) is 1. The van der Waals surface area contributed by atoms with E-state index in [0.717, 1.165) is 60.4 Å². The van der Waals surface area contributed by atoms with E-state index >= 15 is 0 Å². The predicted molar refractivity (Wildman–Crippen MR) is 105 cm³/mol. The second-order valence-corrected chi connectivity index (χ2v) is 8.20. The van der Waals surface area contributed by atoms with Crippen molar-refractivity contribution in [2.24, 2.45) is 0 Å². The summed E-state index contributed by atoms with van der Waals surface area (Å²) in [4.78, 5) is 14.8. The Morgan fingerprint density at radius 3 is 2.92 bits per heavy atom. The Labute approximate surface area is 158 Å². The SMILES string of the molecule is Cc1ccc(/C=C/C(=O)NCC2(N3CCOCC3)CCSC2)cc1Cl. The number of morpholine rings is 1. The summed E-state index contributed by atoms with van der Waals surface area (Å²) in [6, 6.07) is 5.81. The number of amides is 1. The molecule has 2 aliphatic rings. The second-order valence-electron chi connectivity index (χ2n) is 6.69. The number of hydrogen-bond donors (Lipinski definition) is 1. The Hall–Kier alpha value is -1.01. The van der Waals surface area contributed by atoms with E-state index in [0.29, 0.717) is 6.54 Å². The monoisotopic (exact) mass is 380 g/mol. The molecule has 4 nitrogen and oxygen atoms in total. The van der Waals surface area contributed by atoms with E-state index in [2.05, 4.69) is 10.2 Å². The van der Waals surface area contributed by atoms with E-state index < -0.39 is 0 Å². The van der Waals surface area contributed by atoms with Crippen LogP contribution in [0.4, 0.5) is 0 Å². The molecule has 0 aromatic heterocycles. The lowest BCUT2D eigenvalue weighted by atomic mass is 9.95. The molecule has 0 bridgehead atoms. The fourth-order valence-corrected chi connectivity index (χ4v) is 5.00. The molecular formula is C19H25ClN2O2S. The van der Waals surface area contributed by atoms with E-state index in [9.17, 15) is 4.79 Å². The molecule has 0 radical (unpaired) electrons. The first-order valence-electron chi connectivity index (χ1n) is 8.72. The third kappa shape index (κ3) is 4.79. The van der Waals surface area contributed by atoms with Gasteiger partial charge in [-0.3, -0.25) is 9.69 Å². The first-order valence-corrected chi connectivity index (χ1v) is 10.2. The van der Waals surface area contributed by atoms with Crippen LogP contribution in [0.1, 0.15) is 17.5 Å². The van der Waals surface area contributed by atoms with E-state index in [-0.39, 0.29) is 11.4 Å². The second kappa shape index (κ2) is 8.58. The average molecular weight is 381 g/mol. The van der Waals surface area contributed by atoms with Crippen LogP contribution in [-0.2, 0) is 9.53 Å². The molecule has 2 aliphatic heterocycles. The predicted octanol–water partition coefficient (Wildman–Crippen LogP) is 2.99. The van der Waals surface area contributed by atoms with Gasteiger partial charge in [-0.1, -0.05) is 23.7 Å². The van der Waals surface area contributed by atoms with Crippen molar-refractivity contribution in [3.05, 3.63) is 40.4 Å². The maximum atomic E-state index is 12.3. The van der Waals surface area contributed by atoms with Gasteiger partial charge in [0.05, 0.1) is 13.2 Å². The third-order valence-electron chi connectivity index (χ3n) is 4.98. The van der Waals surface area contributed by atoms with Gasteiger partial charge in [0.15, 0.2) is 0 Å². The minimum atomic E-state index is -0.0544. The molecule has 1 atom stereocenters. The van der Waals surface area contributed by atoms with Gasteiger partial charge in [0.1, 0.15) is 0 Å². The summed E-state index contributed by atoms with van der Waals surface area (Å²) in [7, 11) is 0.